The topological polar surface area (TPSA) is 73.4 Å². The summed E-state index contributed by atoms with van der Waals surface area (Å²) < 4.78 is 0. The van der Waals surface area contributed by atoms with Crippen LogP contribution in [0.5, 0.6) is 0 Å². The molecule has 2 N–H and O–H groups in total. The van der Waals surface area contributed by atoms with E-state index in [9.17, 15) is 14.7 Å². The minimum absolute atomic E-state index is 0.132. The van der Waals surface area contributed by atoms with Crippen molar-refractivity contribution >= 4 is 22.8 Å². The number of likely N-dealkylation sites (N-methyl/N-ethyl adjacent to an activating group) is 1. The second-order valence-electron chi connectivity index (χ2n) is 6.80. The van der Waals surface area contributed by atoms with E-state index < -0.39 is 11.5 Å². The molecule has 3 rings (SSSR count). The van der Waals surface area contributed by atoms with E-state index in [-0.39, 0.29) is 12.3 Å². The van der Waals surface area contributed by atoms with Gasteiger partial charge in [-0.1, -0.05) is 37.5 Å². The van der Waals surface area contributed by atoms with Gasteiger partial charge in [-0.15, -0.1) is 0 Å². The number of benzene rings is 1. The van der Waals surface area contributed by atoms with Crippen molar-refractivity contribution in [1.29, 1.82) is 0 Å². The van der Waals surface area contributed by atoms with Gasteiger partial charge < -0.3 is 15.0 Å². The van der Waals surface area contributed by atoms with Gasteiger partial charge in [0, 0.05) is 23.6 Å². The maximum absolute atomic E-state index is 12.9. The van der Waals surface area contributed by atoms with Crippen molar-refractivity contribution in [2.24, 2.45) is 0 Å². The number of rotatable bonds is 4. The van der Waals surface area contributed by atoms with Gasteiger partial charge in [-0.2, -0.15) is 0 Å². The van der Waals surface area contributed by atoms with Gasteiger partial charge in [0.2, 0.25) is 5.91 Å². The molecule has 0 atom stereocenters. The number of para-hydroxylation sites is 1. The molecular weight excluding hydrogens is 304 g/mol. The molecule has 128 valence electrons. The van der Waals surface area contributed by atoms with Crippen molar-refractivity contribution in [3.8, 4) is 0 Å². The molecule has 1 aromatic carbocycles. The number of aromatic amines is 1. The lowest BCUT2D eigenvalue weighted by Crippen LogP contribution is -2.56. The summed E-state index contributed by atoms with van der Waals surface area (Å²) in [5.41, 5.74) is 1.88. The maximum atomic E-state index is 12.9. The van der Waals surface area contributed by atoms with Crippen molar-refractivity contribution in [3.63, 3.8) is 0 Å². The zero-order chi connectivity index (χ0) is 17.3. The summed E-state index contributed by atoms with van der Waals surface area (Å²) in [6, 6.07) is 7.89. The summed E-state index contributed by atoms with van der Waals surface area (Å²) >= 11 is 0. The minimum Gasteiger partial charge on any atom is -0.479 e. The molecule has 1 aliphatic carbocycles. The largest absolute Gasteiger partial charge is 0.479 e. The van der Waals surface area contributed by atoms with E-state index in [4.69, 9.17) is 0 Å². The Morgan fingerprint density at radius 3 is 2.54 bits per heavy atom. The number of H-pyrrole nitrogens is 1. The Bertz CT molecular complexity index is 772. The number of aryl methyl sites for hydroxylation is 1. The van der Waals surface area contributed by atoms with Gasteiger partial charge in [0.05, 0.1) is 6.42 Å². The van der Waals surface area contributed by atoms with Crippen LogP contribution < -0.4 is 0 Å². The molecule has 1 amide bonds. The normalized spacial score (nSPS) is 16.9. The number of carboxylic acid groups (broad SMARTS) is 1. The molecule has 0 saturated heterocycles. The van der Waals surface area contributed by atoms with Crippen LogP contribution in [-0.2, 0) is 16.0 Å². The molecule has 1 fully saturated rings. The highest BCUT2D eigenvalue weighted by molar-refractivity contribution is 5.92. The molecule has 1 heterocycles. The number of hydrogen-bond acceptors (Lipinski definition) is 2. The number of nitrogens with one attached hydrogen (secondary N) is 1. The zero-order valence-electron chi connectivity index (χ0n) is 14.3. The Kier molecular flexibility index (Phi) is 4.35. The van der Waals surface area contributed by atoms with E-state index in [0.29, 0.717) is 12.8 Å². The lowest BCUT2D eigenvalue weighted by Gasteiger charge is -2.41. The van der Waals surface area contributed by atoms with Crippen LogP contribution in [0.1, 0.15) is 43.4 Å². The Morgan fingerprint density at radius 2 is 1.88 bits per heavy atom. The van der Waals surface area contributed by atoms with Crippen LogP contribution in [0.2, 0.25) is 0 Å². The number of amides is 1. The van der Waals surface area contributed by atoms with Crippen molar-refractivity contribution in [3.05, 3.63) is 35.5 Å². The highest BCUT2D eigenvalue weighted by Crippen LogP contribution is 2.34. The maximum Gasteiger partial charge on any atom is 0.329 e. The van der Waals surface area contributed by atoms with E-state index in [2.05, 4.69) is 4.98 Å². The molecule has 5 heteroatoms. The summed E-state index contributed by atoms with van der Waals surface area (Å²) in [5, 5.41) is 10.8. The summed E-state index contributed by atoms with van der Waals surface area (Å²) in [5.74, 6) is -1.01. The minimum atomic E-state index is -1.05. The first-order valence-corrected chi connectivity index (χ1v) is 8.52. The molecule has 2 aromatic rings. The molecule has 5 nitrogen and oxygen atoms in total. The second-order valence-corrected chi connectivity index (χ2v) is 6.80. The smallest absolute Gasteiger partial charge is 0.329 e. The fraction of sp³-hybridized carbons (Fsp3) is 0.474. The number of fused-ring (bicyclic) bond motifs is 1. The molecule has 24 heavy (non-hydrogen) atoms. The predicted molar refractivity (Wildman–Crippen MR) is 93.0 cm³/mol. The van der Waals surface area contributed by atoms with E-state index in [1.807, 2.05) is 31.2 Å². The van der Waals surface area contributed by atoms with Gasteiger partial charge in [-0.25, -0.2) is 4.79 Å². The van der Waals surface area contributed by atoms with Crippen LogP contribution in [0.3, 0.4) is 0 Å². The van der Waals surface area contributed by atoms with Gasteiger partial charge in [0.1, 0.15) is 5.54 Å². The van der Waals surface area contributed by atoms with Crippen LogP contribution in [0.15, 0.2) is 24.3 Å². The Balaban J connectivity index is 1.88. The number of nitrogens with zero attached hydrogens (tertiary/aromatic N) is 1. The van der Waals surface area contributed by atoms with Crippen molar-refractivity contribution in [2.45, 2.75) is 51.0 Å². The number of aliphatic carboxylic acids is 1. The lowest BCUT2D eigenvalue weighted by atomic mass is 9.80. The third kappa shape index (κ3) is 2.68. The van der Waals surface area contributed by atoms with Crippen LogP contribution in [0.4, 0.5) is 0 Å². The monoisotopic (exact) mass is 328 g/mol. The van der Waals surface area contributed by atoms with Crippen LogP contribution in [-0.4, -0.2) is 39.5 Å². The van der Waals surface area contributed by atoms with Gasteiger partial charge >= 0.3 is 5.97 Å². The standard InChI is InChI=1S/C19H24N2O3/c1-13-15(14-8-4-5-9-16(14)20-13)12-17(22)21(2)19(18(23)24)10-6-3-7-11-19/h4-5,8-9,20H,3,6-7,10-12H2,1-2H3,(H,23,24). The van der Waals surface area contributed by atoms with Crippen LogP contribution >= 0.6 is 0 Å². The Morgan fingerprint density at radius 1 is 1.21 bits per heavy atom. The highest BCUT2D eigenvalue weighted by atomic mass is 16.4. The predicted octanol–water partition coefficient (Wildman–Crippen LogP) is 3.26. The third-order valence-corrected chi connectivity index (χ3v) is 5.45. The summed E-state index contributed by atoms with van der Waals surface area (Å²) in [6.45, 7) is 1.95. The van der Waals surface area contributed by atoms with Crippen molar-refractivity contribution in [2.75, 3.05) is 7.05 Å². The molecule has 0 bridgehead atoms. The molecule has 1 aliphatic rings. The van der Waals surface area contributed by atoms with Crippen LogP contribution in [0, 0.1) is 6.92 Å². The van der Waals surface area contributed by atoms with Gasteiger partial charge in [-0.3, -0.25) is 4.79 Å². The van der Waals surface area contributed by atoms with Gasteiger partial charge in [0.25, 0.3) is 0 Å². The number of hydrogen-bond donors (Lipinski definition) is 2. The molecule has 0 spiro atoms. The second kappa shape index (κ2) is 6.30. The summed E-state index contributed by atoms with van der Waals surface area (Å²) in [4.78, 5) is 29.5. The molecule has 1 aromatic heterocycles. The van der Waals surface area contributed by atoms with E-state index >= 15 is 0 Å². The first kappa shape index (κ1) is 16.6. The van der Waals surface area contributed by atoms with Crippen molar-refractivity contribution in [1.82, 2.24) is 9.88 Å². The zero-order valence-corrected chi connectivity index (χ0v) is 14.3. The number of carbonyl (C=O) groups is 2. The first-order chi connectivity index (χ1) is 11.5. The Hall–Kier alpha value is -2.30. The van der Waals surface area contributed by atoms with Crippen molar-refractivity contribution < 1.29 is 14.7 Å². The van der Waals surface area contributed by atoms with E-state index in [1.165, 1.54) is 4.90 Å². The fourth-order valence-electron chi connectivity index (χ4n) is 3.90. The number of aromatic nitrogens is 1. The van der Waals surface area contributed by atoms with Crippen LogP contribution in [0.25, 0.3) is 10.9 Å². The summed E-state index contributed by atoms with van der Waals surface area (Å²) in [7, 11) is 1.64. The lowest BCUT2D eigenvalue weighted by molar-refractivity contribution is -0.160. The van der Waals surface area contributed by atoms with E-state index in [1.54, 1.807) is 7.05 Å². The van der Waals surface area contributed by atoms with Gasteiger partial charge in [0.15, 0.2) is 0 Å². The molecule has 0 radical (unpaired) electrons. The molecule has 0 aliphatic heterocycles. The Labute approximate surface area is 141 Å². The van der Waals surface area contributed by atoms with E-state index in [0.717, 1.165) is 41.4 Å². The molecule has 1 saturated carbocycles. The number of carbonyl (C=O) groups excluding carboxylic acids is 1. The third-order valence-electron chi connectivity index (χ3n) is 5.45. The number of carboxylic acids is 1. The van der Waals surface area contributed by atoms with Gasteiger partial charge in [-0.05, 0) is 31.4 Å². The average molecular weight is 328 g/mol. The molecule has 0 unspecified atom stereocenters. The quantitative estimate of drug-likeness (QED) is 0.904. The first-order valence-electron chi connectivity index (χ1n) is 8.52. The average Bonchev–Trinajstić information content (AvgIpc) is 2.90. The highest BCUT2D eigenvalue weighted by Gasteiger charge is 2.45. The SMILES string of the molecule is Cc1[nH]c2ccccc2c1CC(=O)N(C)C1(C(=O)O)CCCCC1. The summed E-state index contributed by atoms with van der Waals surface area (Å²) in [6.07, 6.45) is 4.06. The molecular formula is C19H24N2O3. The fourth-order valence-corrected chi connectivity index (χ4v) is 3.90.